The fourth-order valence-corrected chi connectivity index (χ4v) is 6.80. The van der Waals surface area contributed by atoms with Gasteiger partial charge in [-0.2, -0.15) is 0 Å². The molecule has 21 heavy (non-hydrogen) atoms. The third-order valence-electron chi connectivity index (χ3n) is 8.29. The highest BCUT2D eigenvalue weighted by molar-refractivity contribution is 5.13. The molecule has 4 saturated carbocycles. The van der Waals surface area contributed by atoms with Crippen LogP contribution in [0, 0.1) is 29.1 Å². The Bertz CT molecular complexity index is 366. The predicted molar refractivity (Wildman–Crippen MR) is 88.0 cm³/mol. The Labute approximate surface area is 130 Å². The van der Waals surface area contributed by atoms with Crippen LogP contribution in [0.2, 0.25) is 0 Å². The second kappa shape index (κ2) is 4.96. The maximum Gasteiger partial charge on any atom is 0.0388 e. The minimum absolute atomic E-state index is 0.391. The van der Waals surface area contributed by atoms with E-state index in [0.29, 0.717) is 11.0 Å². The molecular formula is C19H34N2. The van der Waals surface area contributed by atoms with Gasteiger partial charge in [0.1, 0.15) is 0 Å². The Morgan fingerprint density at radius 3 is 1.90 bits per heavy atom. The average molecular weight is 290 g/mol. The molecule has 0 aromatic carbocycles. The first-order valence-electron chi connectivity index (χ1n) is 9.55. The summed E-state index contributed by atoms with van der Waals surface area (Å²) in [6, 6.07) is 0. The van der Waals surface area contributed by atoms with Gasteiger partial charge in [0, 0.05) is 12.1 Å². The van der Waals surface area contributed by atoms with Crippen LogP contribution < -0.4 is 5.73 Å². The van der Waals surface area contributed by atoms with Crippen LogP contribution >= 0.6 is 0 Å². The van der Waals surface area contributed by atoms with Crippen molar-refractivity contribution in [3.63, 3.8) is 0 Å². The van der Waals surface area contributed by atoms with E-state index in [1.165, 1.54) is 58.0 Å². The topological polar surface area (TPSA) is 29.3 Å². The Hall–Kier alpha value is -0.0800. The smallest absolute Gasteiger partial charge is 0.0388 e. The van der Waals surface area contributed by atoms with Crippen LogP contribution in [0.25, 0.3) is 0 Å². The van der Waals surface area contributed by atoms with Crippen LogP contribution in [-0.4, -0.2) is 30.1 Å². The molecule has 2 nitrogen and oxygen atoms in total. The van der Waals surface area contributed by atoms with Crippen LogP contribution in [0.1, 0.15) is 65.2 Å². The van der Waals surface area contributed by atoms with Crippen molar-refractivity contribution in [3.05, 3.63) is 0 Å². The summed E-state index contributed by atoms with van der Waals surface area (Å²) in [5, 5.41) is 0. The van der Waals surface area contributed by atoms with Crippen LogP contribution in [0.15, 0.2) is 0 Å². The molecule has 5 aliphatic rings. The number of nitrogens with zero attached hydrogens (tertiary/aromatic N) is 1. The largest absolute Gasteiger partial charge is 0.329 e. The number of hydrogen-bond acceptors (Lipinski definition) is 2. The molecule has 4 aliphatic carbocycles. The standard InChI is InChI=1S/C19H34N2/c1-3-18(2)4-6-21(7-5-18)19(13-20)16-9-14-8-15(11-16)12-17(19)10-14/h14-17H,3-13,20H2,1-2H3. The van der Waals surface area contributed by atoms with Gasteiger partial charge in [-0.05, 0) is 87.1 Å². The third-order valence-corrected chi connectivity index (χ3v) is 8.29. The fraction of sp³-hybridized carbons (Fsp3) is 1.00. The average Bonchev–Trinajstić information content (AvgIpc) is 2.49. The Morgan fingerprint density at radius 1 is 0.952 bits per heavy atom. The highest BCUT2D eigenvalue weighted by Crippen LogP contribution is 2.60. The summed E-state index contributed by atoms with van der Waals surface area (Å²) < 4.78 is 0. The first-order valence-corrected chi connectivity index (χ1v) is 9.55. The molecule has 2 N–H and O–H groups in total. The molecule has 1 aliphatic heterocycles. The van der Waals surface area contributed by atoms with E-state index in [1.54, 1.807) is 6.42 Å². The molecule has 5 rings (SSSR count). The summed E-state index contributed by atoms with van der Waals surface area (Å²) in [6.45, 7) is 8.41. The Morgan fingerprint density at radius 2 is 1.48 bits per heavy atom. The fourth-order valence-electron chi connectivity index (χ4n) is 6.80. The van der Waals surface area contributed by atoms with E-state index >= 15 is 0 Å². The summed E-state index contributed by atoms with van der Waals surface area (Å²) in [5.74, 6) is 3.95. The number of rotatable bonds is 3. The molecule has 0 atom stereocenters. The molecule has 0 aromatic heterocycles. The van der Waals surface area contributed by atoms with Crippen LogP contribution in [0.5, 0.6) is 0 Å². The van der Waals surface area contributed by atoms with E-state index in [2.05, 4.69) is 18.7 Å². The molecule has 0 amide bonds. The van der Waals surface area contributed by atoms with Crippen molar-refractivity contribution < 1.29 is 0 Å². The second-order valence-corrected chi connectivity index (χ2v) is 9.15. The van der Waals surface area contributed by atoms with E-state index in [9.17, 15) is 0 Å². The lowest BCUT2D eigenvalue weighted by atomic mass is 9.48. The SMILES string of the molecule is CCC1(C)CCN(C2(CN)C3CC4CC(C3)CC2C4)CC1. The van der Waals surface area contributed by atoms with Crippen LogP contribution in [0.3, 0.4) is 0 Å². The highest BCUT2D eigenvalue weighted by atomic mass is 15.2. The van der Waals surface area contributed by atoms with Gasteiger partial charge in [0.15, 0.2) is 0 Å². The van der Waals surface area contributed by atoms with Crippen LogP contribution in [0.4, 0.5) is 0 Å². The molecular weight excluding hydrogens is 256 g/mol. The Kier molecular flexibility index (Phi) is 3.43. The molecule has 4 bridgehead atoms. The lowest BCUT2D eigenvalue weighted by Crippen LogP contribution is -2.70. The van der Waals surface area contributed by atoms with Crippen molar-refractivity contribution in [1.29, 1.82) is 0 Å². The maximum absolute atomic E-state index is 6.48. The normalized spacial score (nSPS) is 48.7. The first kappa shape index (κ1) is 14.5. The summed E-state index contributed by atoms with van der Waals surface area (Å²) >= 11 is 0. The molecule has 5 fully saturated rings. The van der Waals surface area contributed by atoms with E-state index in [4.69, 9.17) is 5.73 Å². The van der Waals surface area contributed by atoms with Gasteiger partial charge in [-0.25, -0.2) is 0 Å². The summed E-state index contributed by atoms with van der Waals surface area (Å²) in [4.78, 5) is 2.89. The molecule has 0 radical (unpaired) electrons. The van der Waals surface area contributed by atoms with Crippen molar-refractivity contribution in [2.24, 2.45) is 34.8 Å². The monoisotopic (exact) mass is 290 g/mol. The minimum atomic E-state index is 0.391. The zero-order chi connectivity index (χ0) is 14.7. The molecule has 1 saturated heterocycles. The molecule has 120 valence electrons. The predicted octanol–water partition coefficient (Wildman–Crippen LogP) is 3.65. The number of nitrogens with two attached hydrogens (primary N) is 1. The number of hydrogen-bond donors (Lipinski definition) is 1. The lowest BCUT2D eigenvalue weighted by Gasteiger charge is -2.65. The zero-order valence-corrected chi connectivity index (χ0v) is 14.1. The van der Waals surface area contributed by atoms with Gasteiger partial charge in [0.05, 0.1) is 0 Å². The Balaban J connectivity index is 1.57. The van der Waals surface area contributed by atoms with Crippen molar-refractivity contribution >= 4 is 0 Å². The molecule has 0 aromatic rings. The van der Waals surface area contributed by atoms with Crippen molar-refractivity contribution in [1.82, 2.24) is 4.90 Å². The lowest BCUT2D eigenvalue weighted by molar-refractivity contribution is -0.143. The van der Waals surface area contributed by atoms with Gasteiger partial charge in [-0.1, -0.05) is 20.3 Å². The van der Waals surface area contributed by atoms with Crippen molar-refractivity contribution in [2.45, 2.75) is 70.8 Å². The van der Waals surface area contributed by atoms with Gasteiger partial charge < -0.3 is 5.73 Å². The molecule has 2 heteroatoms. The van der Waals surface area contributed by atoms with E-state index in [1.807, 2.05) is 0 Å². The van der Waals surface area contributed by atoms with Crippen molar-refractivity contribution in [2.75, 3.05) is 19.6 Å². The van der Waals surface area contributed by atoms with Gasteiger partial charge in [-0.15, -0.1) is 0 Å². The maximum atomic E-state index is 6.48. The van der Waals surface area contributed by atoms with Crippen molar-refractivity contribution in [3.8, 4) is 0 Å². The van der Waals surface area contributed by atoms with Gasteiger partial charge in [0.25, 0.3) is 0 Å². The molecule has 0 spiro atoms. The summed E-state index contributed by atoms with van der Waals surface area (Å²) in [7, 11) is 0. The summed E-state index contributed by atoms with van der Waals surface area (Å²) in [6.07, 6.45) is 11.6. The van der Waals surface area contributed by atoms with Gasteiger partial charge in [0.2, 0.25) is 0 Å². The third kappa shape index (κ3) is 2.05. The first-order chi connectivity index (χ1) is 10.1. The number of likely N-dealkylation sites (tertiary alicyclic amines) is 1. The van der Waals surface area contributed by atoms with Gasteiger partial charge >= 0.3 is 0 Å². The van der Waals surface area contributed by atoms with Crippen LogP contribution in [-0.2, 0) is 0 Å². The summed E-state index contributed by atoms with van der Waals surface area (Å²) in [5.41, 5.74) is 7.46. The minimum Gasteiger partial charge on any atom is -0.329 e. The van der Waals surface area contributed by atoms with Gasteiger partial charge in [-0.3, -0.25) is 4.90 Å². The van der Waals surface area contributed by atoms with E-state index in [-0.39, 0.29) is 0 Å². The van der Waals surface area contributed by atoms with E-state index in [0.717, 1.165) is 30.2 Å². The highest BCUT2D eigenvalue weighted by Gasteiger charge is 2.59. The molecule has 1 heterocycles. The number of piperidine rings is 1. The quantitative estimate of drug-likeness (QED) is 0.859. The second-order valence-electron chi connectivity index (χ2n) is 9.15. The zero-order valence-electron chi connectivity index (χ0n) is 14.1. The van der Waals surface area contributed by atoms with E-state index < -0.39 is 0 Å². The molecule has 0 unspecified atom stereocenters.